The van der Waals surface area contributed by atoms with Crippen LogP contribution in [0.15, 0.2) is 80.6 Å². The van der Waals surface area contributed by atoms with E-state index in [2.05, 4.69) is 37.2 Å². The lowest BCUT2D eigenvalue weighted by Crippen LogP contribution is -2.36. The Hall–Kier alpha value is -2.95. The summed E-state index contributed by atoms with van der Waals surface area (Å²) in [7, 11) is 0. The van der Waals surface area contributed by atoms with Gasteiger partial charge in [0.1, 0.15) is 24.7 Å². The minimum Gasteiger partial charge on any atom is -0.488 e. The summed E-state index contributed by atoms with van der Waals surface area (Å²) in [5.74, 6) is -1.05. The van der Waals surface area contributed by atoms with Crippen LogP contribution in [0.3, 0.4) is 0 Å². The second-order valence-corrected chi connectivity index (χ2v) is 10.2. The minimum atomic E-state index is -0.603. The number of ether oxygens (including phenoxy) is 1. The van der Waals surface area contributed by atoms with E-state index >= 15 is 0 Å². The van der Waals surface area contributed by atoms with Crippen LogP contribution < -0.4 is 10.1 Å². The molecule has 3 amide bonds. The first kappa shape index (κ1) is 25.2. The van der Waals surface area contributed by atoms with E-state index < -0.39 is 29.4 Å². The van der Waals surface area contributed by atoms with Gasteiger partial charge in [-0.3, -0.25) is 19.3 Å². The summed E-state index contributed by atoms with van der Waals surface area (Å²) in [6.45, 7) is -0.0765. The molecule has 6 nitrogen and oxygen atoms in total. The highest BCUT2D eigenvalue weighted by Gasteiger charge is 2.36. The van der Waals surface area contributed by atoms with Crippen LogP contribution in [0.5, 0.6) is 5.75 Å². The summed E-state index contributed by atoms with van der Waals surface area (Å²) in [6.07, 6.45) is 1.58. The van der Waals surface area contributed by atoms with Gasteiger partial charge in [-0.25, -0.2) is 4.39 Å². The SMILES string of the molecule is O=C(CN1C(=O)S/C(=C/c2ccc(OCc3ccc(Br)cc3)c(Br)c2)C1=O)Nc1cccc(F)c1. The fourth-order valence-corrected chi connectivity index (χ4v) is 4.78. The first-order valence-corrected chi connectivity index (χ1v) is 12.7. The number of thioether (sulfide) groups is 1. The number of hydrogen-bond donors (Lipinski definition) is 1. The average Bonchev–Trinajstić information content (AvgIpc) is 3.07. The van der Waals surface area contributed by atoms with E-state index in [9.17, 15) is 18.8 Å². The Balaban J connectivity index is 1.39. The Bertz CT molecular complexity index is 1330. The zero-order chi connectivity index (χ0) is 24.9. The van der Waals surface area contributed by atoms with Crippen molar-refractivity contribution in [2.75, 3.05) is 11.9 Å². The second kappa shape index (κ2) is 11.2. The molecule has 1 saturated heterocycles. The van der Waals surface area contributed by atoms with Crippen molar-refractivity contribution in [3.05, 3.63) is 97.5 Å². The fraction of sp³-hybridized carbons (Fsp3) is 0.0800. The Labute approximate surface area is 221 Å². The van der Waals surface area contributed by atoms with Crippen molar-refractivity contribution in [1.82, 2.24) is 4.90 Å². The van der Waals surface area contributed by atoms with Gasteiger partial charge in [0.2, 0.25) is 5.91 Å². The van der Waals surface area contributed by atoms with Crippen LogP contribution in [0.2, 0.25) is 0 Å². The van der Waals surface area contributed by atoms with E-state index in [1.807, 2.05) is 24.3 Å². The third-order valence-corrected chi connectivity index (χ3v) is 6.90. The Morgan fingerprint density at radius 1 is 1.06 bits per heavy atom. The predicted octanol–water partition coefficient (Wildman–Crippen LogP) is 6.60. The molecule has 178 valence electrons. The van der Waals surface area contributed by atoms with E-state index in [4.69, 9.17) is 4.74 Å². The van der Waals surface area contributed by atoms with Crippen LogP contribution in [0, 0.1) is 5.82 Å². The van der Waals surface area contributed by atoms with Gasteiger partial charge in [0.25, 0.3) is 11.1 Å². The molecule has 1 aliphatic heterocycles. The molecular weight excluding hydrogens is 603 g/mol. The highest BCUT2D eigenvalue weighted by atomic mass is 79.9. The second-order valence-electron chi connectivity index (χ2n) is 7.43. The lowest BCUT2D eigenvalue weighted by Gasteiger charge is -2.12. The molecule has 3 aromatic carbocycles. The molecule has 0 atom stereocenters. The van der Waals surface area contributed by atoms with Crippen LogP contribution in [-0.2, 0) is 16.2 Å². The summed E-state index contributed by atoms with van der Waals surface area (Å²) in [4.78, 5) is 38.4. The van der Waals surface area contributed by atoms with Gasteiger partial charge in [-0.05, 0) is 87.4 Å². The molecule has 4 rings (SSSR count). The number of hydrogen-bond acceptors (Lipinski definition) is 5. The molecule has 1 heterocycles. The summed E-state index contributed by atoms with van der Waals surface area (Å²) >= 11 is 7.63. The molecule has 0 spiro atoms. The minimum absolute atomic E-state index is 0.198. The molecule has 0 radical (unpaired) electrons. The van der Waals surface area contributed by atoms with E-state index in [0.717, 1.165) is 32.8 Å². The summed E-state index contributed by atoms with van der Waals surface area (Å²) in [6, 6.07) is 18.5. The number of nitrogens with one attached hydrogen (secondary N) is 1. The Morgan fingerprint density at radius 2 is 1.83 bits per heavy atom. The number of halogens is 3. The number of carbonyl (C=O) groups is 3. The normalized spacial score (nSPS) is 14.5. The first-order valence-electron chi connectivity index (χ1n) is 10.3. The number of carbonyl (C=O) groups excluding carboxylic acids is 3. The largest absolute Gasteiger partial charge is 0.488 e. The highest BCUT2D eigenvalue weighted by molar-refractivity contribution is 9.10. The zero-order valence-electron chi connectivity index (χ0n) is 18.0. The van der Waals surface area contributed by atoms with E-state index in [1.54, 1.807) is 24.3 Å². The maximum atomic E-state index is 13.3. The molecule has 1 aliphatic rings. The monoisotopic (exact) mass is 618 g/mol. The third-order valence-electron chi connectivity index (χ3n) is 4.84. The van der Waals surface area contributed by atoms with Crippen molar-refractivity contribution in [2.45, 2.75) is 6.61 Å². The number of nitrogens with zero attached hydrogens (tertiary/aromatic N) is 1. The Morgan fingerprint density at radius 3 is 2.54 bits per heavy atom. The van der Waals surface area contributed by atoms with Gasteiger partial charge in [0, 0.05) is 10.2 Å². The zero-order valence-corrected chi connectivity index (χ0v) is 22.0. The van der Waals surface area contributed by atoms with Crippen LogP contribution >= 0.6 is 43.6 Å². The van der Waals surface area contributed by atoms with Gasteiger partial charge in [-0.1, -0.05) is 40.2 Å². The van der Waals surface area contributed by atoms with Crippen LogP contribution in [-0.4, -0.2) is 28.5 Å². The molecule has 0 saturated carbocycles. The molecule has 0 unspecified atom stereocenters. The molecule has 0 bridgehead atoms. The molecule has 0 aromatic heterocycles. The van der Waals surface area contributed by atoms with Crippen molar-refractivity contribution in [1.29, 1.82) is 0 Å². The van der Waals surface area contributed by atoms with Crippen molar-refractivity contribution in [2.24, 2.45) is 0 Å². The maximum Gasteiger partial charge on any atom is 0.294 e. The number of benzene rings is 3. The topological polar surface area (TPSA) is 75.7 Å². The van der Waals surface area contributed by atoms with Crippen molar-refractivity contribution in [3.8, 4) is 5.75 Å². The predicted molar refractivity (Wildman–Crippen MR) is 140 cm³/mol. The summed E-state index contributed by atoms with van der Waals surface area (Å²) < 4.78 is 20.8. The van der Waals surface area contributed by atoms with E-state index in [0.29, 0.717) is 22.4 Å². The van der Waals surface area contributed by atoms with Crippen molar-refractivity contribution in [3.63, 3.8) is 0 Å². The molecular formula is C25H17Br2FN2O4S. The van der Waals surface area contributed by atoms with E-state index in [1.165, 1.54) is 18.2 Å². The van der Waals surface area contributed by atoms with Crippen LogP contribution in [0.4, 0.5) is 14.9 Å². The standard InChI is InChI=1S/C25H17Br2FN2O4S/c26-17-7-4-15(5-8-17)14-34-21-9-6-16(10-20(21)27)11-22-24(32)30(25(33)35-22)13-23(31)29-19-3-1-2-18(28)12-19/h1-12H,13-14H2,(H,29,31)/b22-11+. The van der Waals surface area contributed by atoms with Gasteiger partial charge in [0.15, 0.2) is 0 Å². The lowest BCUT2D eigenvalue weighted by molar-refractivity contribution is -0.127. The van der Waals surface area contributed by atoms with Crippen molar-refractivity contribution < 1.29 is 23.5 Å². The number of imide groups is 1. The van der Waals surface area contributed by atoms with Gasteiger partial charge in [0.05, 0.1) is 9.38 Å². The average molecular weight is 620 g/mol. The Kier molecular flexibility index (Phi) is 8.04. The highest BCUT2D eigenvalue weighted by Crippen LogP contribution is 2.34. The first-order chi connectivity index (χ1) is 16.8. The summed E-state index contributed by atoms with van der Waals surface area (Å²) in [5.41, 5.74) is 1.94. The fourth-order valence-electron chi connectivity index (χ4n) is 3.16. The molecule has 3 aromatic rings. The smallest absolute Gasteiger partial charge is 0.294 e. The van der Waals surface area contributed by atoms with Gasteiger partial charge in [-0.15, -0.1) is 0 Å². The third kappa shape index (κ3) is 6.59. The van der Waals surface area contributed by atoms with Crippen LogP contribution in [0.25, 0.3) is 6.08 Å². The molecule has 1 N–H and O–H groups in total. The lowest BCUT2D eigenvalue weighted by atomic mass is 10.2. The van der Waals surface area contributed by atoms with E-state index in [-0.39, 0.29) is 10.6 Å². The number of anilines is 1. The summed E-state index contributed by atoms with van der Waals surface area (Å²) in [5, 5.41) is 1.93. The van der Waals surface area contributed by atoms with Crippen molar-refractivity contribution >= 4 is 72.4 Å². The molecule has 1 fully saturated rings. The number of amides is 3. The van der Waals surface area contributed by atoms with Gasteiger partial charge >= 0.3 is 0 Å². The molecule has 10 heteroatoms. The number of rotatable bonds is 7. The maximum absolute atomic E-state index is 13.3. The van der Waals surface area contributed by atoms with Gasteiger partial charge in [-0.2, -0.15) is 0 Å². The quantitative estimate of drug-likeness (QED) is 0.301. The molecule has 0 aliphatic carbocycles. The molecule has 35 heavy (non-hydrogen) atoms. The van der Waals surface area contributed by atoms with Crippen LogP contribution in [0.1, 0.15) is 11.1 Å². The van der Waals surface area contributed by atoms with Gasteiger partial charge < -0.3 is 10.1 Å².